The van der Waals surface area contributed by atoms with E-state index < -0.39 is 0 Å². The fourth-order valence-electron chi connectivity index (χ4n) is 3.86. The summed E-state index contributed by atoms with van der Waals surface area (Å²) in [5, 5.41) is 0.666. The van der Waals surface area contributed by atoms with Crippen molar-refractivity contribution < 1.29 is 14.3 Å². The molecule has 1 aliphatic carbocycles. The maximum Gasteiger partial charge on any atom is 0.310 e. The highest BCUT2D eigenvalue weighted by Crippen LogP contribution is 2.60. The molecule has 0 N–H and O–H groups in total. The van der Waals surface area contributed by atoms with Gasteiger partial charge in [-0.15, -0.1) is 0 Å². The molecule has 0 bridgehead atoms. The molecular formula is C27H25ClO3. The Bertz CT molecular complexity index is 1070. The fourth-order valence-corrected chi connectivity index (χ4v) is 4.12. The minimum absolute atomic E-state index is 0.0560. The predicted octanol–water partition coefficient (Wildman–Crippen LogP) is 7.07. The second-order valence-electron chi connectivity index (χ2n) is 8.38. The minimum atomic E-state index is -0.200. The van der Waals surface area contributed by atoms with Gasteiger partial charge in [-0.1, -0.05) is 92.2 Å². The molecule has 3 nitrogen and oxygen atoms in total. The first-order valence-electron chi connectivity index (χ1n) is 10.4. The Kier molecular flexibility index (Phi) is 6.15. The number of carbonyl (C=O) groups excluding carboxylic acids is 1. The van der Waals surface area contributed by atoms with E-state index in [1.54, 1.807) is 0 Å². The number of allylic oxidation sites excluding steroid dienone is 1. The topological polar surface area (TPSA) is 35.5 Å². The monoisotopic (exact) mass is 432 g/mol. The van der Waals surface area contributed by atoms with Gasteiger partial charge in [0.15, 0.2) is 0 Å². The summed E-state index contributed by atoms with van der Waals surface area (Å²) < 4.78 is 11.5. The molecule has 3 aromatic carbocycles. The molecule has 2 unspecified atom stereocenters. The van der Waals surface area contributed by atoms with Crippen LogP contribution in [0.3, 0.4) is 0 Å². The predicted molar refractivity (Wildman–Crippen MR) is 124 cm³/mol. The van der Waals surface area contributed by atoms with Crippen LogP contribution in [-0.4, -0.2) is 5.97 Å². The van der Waals surface area contributed by atoms with E-state index in [2.05, 4.69) is 13.8 Å². The molecule has 4 heteroatoms. The first-order valence-corrected chi connectivity index (χ1v) is 10.7. The van der Waals surface area contributed by atoms with Crippen molar-refractivity contribution in [3.63, 3.8) is 0 Å². The van der Waals surface area contributed by atoms with Crippen molar-refractivity contribution >= 4 is 22.6 Å². The summed E-state index contributed by atoms with van der Waals surface area (Å²) in [6, 6.07) is 27.0. The summed E-state index contributed by atoms with van der Waals surface area (Å²) >= 11 is 6.49. The van der Waals surface area contributed by atoms with E-state index in [1.165, 1.54) is 0 Å². The molecule has 3 aromatic rings. The normalized spacial score (nSPS) is 19.5. The molecule has 31 heavy (non-hydrogen) atoms. The van der Waals surface area contributed by atoms with Gasteiger partial charge in [0.05, 0.1) is 5.92 Å². The van der Waals surface area contributed by atoms with Gasteiger partial charge in [0, 0.05) is 5.03 Å². The number of hydrogen-bond acceptors (Lipinski definition) is 3. The number of esters is 1. The number of carbonyl (C=O) groups is 1. The average molecular weight is 433 g/mol. The molecule has 0 saturated heterocycles. The van der Waals surface area contributed by atoms with Gasteiger partial charge >= 0.3 is 5.97 Å². The number of rotatable bonds is 7. The second-order valence-corrected chi connectivity index (χ2v) is 8.78. The van der Waals surface area contributed by atoms with Crippen LogP contribution >= 0.6 is 11.6 Å². The lowest BCUT2D eigenvalue weighted by Gasteiger charge is -2.09. The van der Waals surface area contributed by atoms with E-state index in [0.29, 0.717) is 10.8 Å². The van der Waals surface area contributed by atoms with Crippen LogP contribution in [0.25, 0.3) is 5.03 Å². The van der Waals surface area contributed by atoms with Gasteiger partial charge in [-0.25, -0.2) is 0 Å². The van der Waals surface area contributed by atoms with E-state index >= 15 is 0 Å². The highest BCUT2D eigenvalue weighted by Gasteiger charge is 2.61. The number of benzene rings is 3. The summed E-state index contributed by atoms with van der Waals surface area (Å²) in [6.45, 7) is 4.35. The van der Waals surface area contributed by atoms with Gasteiger partial charge in [-0.3, -0.25) is 4.79 Å². The molecule has 4 rings (SSSR count). The molecular weight excluding hydrogens is 408 g/mol. The van der Waals surface area contributed by atoms with E-state index in [-0.39, 0.29) is 29.8 Å². The quantitative estimate of drug-likeness (QED) is 0.374. The van der Waals surface area contributed by atoms with E-state index in [0.717, 1.165) is 16.9 Å². The first-order chi connectivity index (χ1) is 14.9. The molecule has 0 radical (unpaired) electrons. The number of ether oxygens (including phenoxy) is 2. The standard InChI is InChI=1S/C27H25ClO3/c1-27(2)23(17-24(28)20-11-5-3-6-12-20)25(27)26(29)30-18-19-10-9-15-22(16-19)31-21-13-7-4-8-14-21/h3-17,23,25H,18H2,1-2H3/b24-17-. The van der Waals surface area contributed by atoms with Gasteiger partial charge in [0.1, 0.15) is 18.1 Å². The Morgan fingerprint density at radius 2 is 1.58 bits per heavy atom. The summed E-state index contributed by atoms with van der Waals surface area (Å²) in [4.78, 5) is 12.8. The van der Waals surface area contributed by atoms with Crippen molar-refractivity contribution in [3.8, 4) is 11.5 Å². The summed E-state index contributed by atoms with van der Waals surface area (Å²) in [7, 11) is 0. The Morgan fingerprint density at radius 1 is 0.935 bits per heavy atom. The van der Waals surface area contributed by atoms with Crippen LogP contribution < -0.4 is 4.74 Å². The van der Waals surface area contributed by atoms with Crippen LogP contribution in [-0.2, 0) is 16.1 Å². The van der Waals surface area contributed by atoms with Crippen molar-refractivity contribution in [1.82, 2.24) is 0 Å². The zero-order valence-electron chi connectivity index (χ0n) is 17.6. The Balaban J connectivity index is 1.37. The molecule has 0 amide bonds. The summed E-state index contributed by atoms with van der Waals surface area (Å²) in [6.07, 6.45) is 1.98. The lowest BCUT2D eigenvalue weighted by atomic mass is 10.1. The van der Waals surface area contributed by atoms with E-state index in [1.807, 2.05) is 91.0 Å². The van der Waals surface area contributed by atoms with Crippen LogP contribution in [0.1, 0.15) is 25.0 Å². The molecule has 0 aliphatic heterocycles. The lowest BCUT2D eigenvalue weighted by Crippen LogP contribution is -2.10. The smallest absolute Gasteiger partial charge is 0.310 e. The number of halogens is 1. The van der Waals surface area contributed by atoms with Gasteiger partial charge in [-0.05, 0) is 46.7 Å². The van der Waals surface area contributed by atoms with Crippen molar-refractivity contribution in [2.45, 2.75) is 20.5 Å². The Labute approximate surface area is 188 Å². The largest absolute Gasteiger partial charge is 0.461 e. The molecule has 1 aliphatic rings. The highest BCUT2D eigenvalue weighted by atomic mass is 35.5. The van der Waals surface area contributed by atoms with Crippen molar-refractivity contribution in [2.24, 2.45) is 17.3 Å². The van der Waals surface area contributed by atoms with Crippen LogP contribution in [0.5, 0.6) is 11.5 Å². The van der Waals surface area contributed by atoms with Crippen LogP contribution in [0.4, 0.5) is 0 Å². The van der Waals surface area contributed by atoms with Gasteiger partial charge in [0.2, 0.25) is 0 Å². The third kappa shape index (κ3) is 5.00. The summed E-state index contributed by atoms with van der Waals surface area (Å²) in [5.41, 5.74) is 1.66. The van der Waals surface area contributed by atoms with Gasteiger partial charge < -0.3 is 9.47 Å². The minimum Gasteiger partial charge on any atom is -0.461 e. The van der Waals surface area contributed by atoms with E-state index in [9.17, 15) is 4.79 Å². The molecule has 0 aromatic heterocycles. The van der Waals surface area contributed by atoms with Crippen LogP contribution in [0, 0.1) is 17.3 Å². The molecule has 1 fully saturated rings. The molecule has 2 atom stereocenters. The number of hydrogen-bond donors (Lipinski definition) is 0. The van der Waals surface area contributed by atoms with Crippen molar-refractivity contribution in [1.29, 1.82) is 0 Å². The third-order valence-electron chi connectivity index (χ3n) is 5.80. The molecule has 1 saturated carbocycles. The van der Waals surface area contributed by atoms with Gasteiger partial charge in [0.25, 0.3) is 0 Å². The zero-order chi connectivity index (χ0) is 21.8. The van der Waals surface area contributed by atoms with Crippen LogP contribution in [0.2, 0.25) is 0 Å². The van der Waals surface area contributed by atoms with E-state index in [4.69, 9.17) is 21.1 Å². The lowest BCUT2D eigenvalue weighted by molar-refractivity contribution is -0.147. The maximum atomic E-state index is 12.8. The summed E-state index contributed by atoms with van der Waals surface area (Å²) in [5.74, 6) is 1.13. The average Bonchev–Trinajstić information content (AvgIpc) is 3.33. The van der Waals surface area contributed by atoms with Crippen molar-refractivity contribution in [2.75, 3.05) is 0 Å². The highest BCUT2D eigenvalue weighted by molar-refractivity contribution is 6.48. The Hall–Kier alpha value is -3.04. The Morgan fingerprint density at radius 3 is 2.29 bits per heavy atom. The third-order valence-corrected chi connectivity index (χ3v) is 6.14. The molecule has 0 spiro atoms. The second kappa shape index (κ2) is 8.99. The van der Waals surface area contributed by atoms with Crippen LogP contribution in [0.15, 0.2) is 91.0 Å². The maximum absolute atomic E-state index is 12.8. The number of para-hydroxylation sites is 1. The SMILES string of the molecule is CC1(C)C(/C=C(\Cl)c2ccccc2)C1C(=O)OCc1cccc(Oc2ccccc2)c1. The molecule has 0 heterocycles. The zero-order valence-corrected chi connectivity index (χ0v) is 18.4. The fraction of sp³-hybridized carbons (Fsp3) is 0.222. The molecule has 158 valence electrons. The van der Waals surface area contributed by atoms with Crippen molar-refractivity contribution in [3.05, 3.63) is 102 Å². The van der Waals surface area contributed by atoms with Gasteiger partial charge in [-0.2, -0.15) is 0 Å². The first kappa shape index (κ1) is 21.2.